The molecule has 1 atom stereocenters. The summed E-state index contributed by atoms with van der Waals surface area (Å²) in [5.41, 5.74) is 0.253. The second kappa shape index (κ2) is 6.07. The number of ether oxygens (including phenoxy) is 2. The Hall–Kier alpha value is -1.01. The summed E-state index contributed by atoms with van der Waals surface area (Å²) in [6, 6.07) is 1.50. The predicted molar refractivity (Wildman–Crippen MR) is 54.6 cm³/mol. The number of hydrogen-bond donors (Lipinski definition) is 0. The molecule has 0 amide bonds. The van der Waals surface area contributed by atoms with Gasteiger partial charge < -0.3 is 14.0 Å². The monoisotopic (exact) mass is 247 g/mol. The summed E-state index contributed by atoms with van der Waals surface area (Å²) in [5.74, 6) is 0.454. The van der Waals surface area contributed by atoms with E-state index in [0.717, 1.165) is 19.3 Å². The van der Waals surface area contributed by atoms with E-state index in [2.05, 4.69) is 5.16 Å². The van der Waals surface area contributed by atoms with Crippen molar-refractivity contribution in [3.8, 4) is 0 Å². The van der Waals surface area contributed by atoms with Crippen LogP contribution >= 0.6 is 0 Å². The zero-order valence-corrected chi connectivity index (χ0v) is 9.40. The second-order valence-corrected chi connectivity index (χ2v) is 3.99. The maximum Gasteiger partial charge on any atom is 0.244 e. The lowest BCUT2D eigenvalue weighted by Gasteiger charge is -2.21. The average molecular weight is 247 g/mol. The first-order valence-corrected chi connectivity index (χ1v) is 5.70. The fraction of sp³-hybridized carbons (Fsp3) is 0.727. The lowest BCUT2D eigenvalue weighted by molar-refractivity contribution is -0.171. The van der Waals surface area contributed by atoms with Crippen molar-refractivity contribution < 1.29 is 22.8 Å². The topological polar surface area (TPSA) is 44.5 Å². The summed E-state index contributed by atoms with van der Waals surface area (Å²) < 4.78 is 39.9. The predicted octanol–water partition coefficient (Wildman–Crippen LogP) is 2.53. The fourth-order valence-electron chi connectivity index (χ4n) is 1.70. The number of nitrogens with zero attached hydrogens (tertiary/aromatic N) is 1. The molecule has 0 N–H and O–H groups in total. The van der Waals surface area contributed by atoms with Crippen molar-refractivity contribution in [3.63, 3.8) is 0 Å². The van der Waals surface area contributed by atoms with E-state index in [1.54, 1.807) is 0 Å². The van der Waals surface area contributed by atoms with Gasteiger partial charge in [0.25, 0.3) is 0 Å². The zero-order chi connectivity index (χ0) is 12.1. The minimum absolute atomic E-state index is 0.209. The van der Waals surface area contributed by atoms with Gasteiger partial charge in [0.2, 0.25) is 6.43 Å². The van der Waals surface area contributed by atoms with Gasteiger partial charge >= 0.3 is 0 Å². The van der Waals surface area contributed by atoms with E-state index < -0.39 is 6.43 Å². The van der Waals surface area contributed by atoms with Crippen LogP contribution in [0, 0.1) is 0 Å². The molecule has 0 spiro atoms. The van der Waals surface area contributed by atoms with E-state index >= 15 is 0 Å². The highest BCUT2D eigenvalue weighted by atomic mass is 19.3. The molecule has 1 unspecified atom stereocenters. The molecule has 2 rings (SSSR count). The molecule has 0 aromatic carbocycles. The largest absolute Gasteiger partial charge is 0.359 e. The Morgan fingerprint density at radius 1 is 1.47 bits per heavy atom. The third kappa shape index (κ3) is 4.05. The smallest absolute Gasteiger partial charge is 0.244 e. The summed E-state index contributed by atoms with van der Waals surface area (Å²) in [5, 5.41) is 3.54. The van der Waals surface area contributed by atoms with Gasteiger partial charge in [0.05, 0.1) is 12.1 Å². The van der Waals surface area contributed by atoms with Crippen LogP contribution in [0.25, 0.3) is 0 Å². The molecule has 1 aromatic heterocycles. The van der Waals surface area contributed by atoms with E-state index in [1.807, 2.05) is 0 Å². The highest BCUT2D eigenvalue weighted by Gasteiger charge is 2.16. The van der Waals surface area contributed by atoms with Gasteiger partial charge in [-0.25, -0.2) is 8.78 Å². The Kier molecular flexibility index (Phi) is 4.44. The molecule has 96 valence electrons. The van der Waals surface area contributed by atoms with Gasteiger partial charge in [-0.1, -0.05) is 5.16 Å². The van der Waals surface area contributed by atoms with Crippen LogP contribution in [0.4, 0.5) is 8.78 Å². The van der Waals surface area contributed by atoms with Crippen molar-refractivity contribution in [2.45, 2.75) is 45.0 Å². The van der Waals surface area contributed by atoms with Crippen LogP contribution < -0.4 is 0 Å². The molecule has 4 nitrogen and oxygen atoms in total. The summed E-state index contributed by atoms with van der Waals surface area (Å²) in [4.78, 5) is 0. The van der Waals surface area contributed by atoms with Crippen molar-refractivity contribution in [1.29, 1.82) is 0 Å². The number of aromatic nitrogens is 1. The Morgan fingerprint density at radius 3 is 3.06 bits per heavy atom. The molecule has 0 bridgehead atoms. The molecule has 2 heterocycles. The quantitative estimate of drug-likeness (QED) is 0.802. The summed E-state index contributed by atoms with van der Waals surface area (Å²) >= 11 is 0. The van der Waals surface area contributed by atoms with Crippen molar-refractivity contribution in [3.05, 3.63) is 17.5 Å². The molecule has 1 fully saturated rings. The van der Waals surface area contributed by atoms with Gasteiger partial charge in [-0.3, -0.25) is 0 Å². The number of alkyl halides is 2. The molecule has 0 aliphatic carbocycles. The summed E-state index contributed by atoms with van der Waals surface area (Å²) in [6.07, 6.45) is -0.0113. The van der Waals surface area contributed by atoms with E-state index in [4.69, 9.17) is 14.0 Å². The van der Waals surface area contributed by atoms with Gasteiger partial charge in [-0.05, 0) is 19.3 Å². The maximum absolute atomic E-state index is 12.1. The molecule has 1 saturated heterocycles. The fourth-order valence-corrected chi connectivity index (χ4v) is 1.70. The van der Waals surface area contributed by atoms with Crippen LogP contribution in [-0.2, 0) is 22.5 Å². The summed E-state index contributed by atoms with van der Waals surface area (Å²) in [7, 11) is 0. The minimum Gasteiger partial charge on any atom is -0.359 e. The van der Waals surface area contributed by atoms with Crippen molar-refractivity contribution >= 4 is 0 Å². The number of hydrogen-bond acceptors (Lipinski definition) is 4. The molecule has 0 radical (unpaired) electrons. The van der Waals surface area contributed by atoms with Crippen molar-refractivity contribution in [2.24, 2.45) is 0 Å². The van der Waals surface area contributed by atoms with Gasteiger partial charge in [0.1, 0.15) is 6.61 Å². The highest BCUT2D eigenvalue weighted by Crippen LogP contribution is 2.16. The normalized spacial score (nSPS) is 21.0. The van der Waals surface area contributed by atoms with Crippen LogP contribution in [0.2, 0.25) is 0 Å². The third-order valence-electron chi connectivity index (χ3n) is 2.52. The molecule has 0 saturated carbocycles. The first-order chi connectivity index (χ1) is 8.24. The van der Waals surface area contributed by atoms with Crippen LogP contribution in [0.5, 0.6) is 0 Å². The average Bonchev–Trinajstić information content (AvgIpc) is 2.75. The molecule has 1 aliphatic rings. The van der Waals surface area contributed by atoms with E-state index in [-0.39, 0.29) is 25.0 Å². The standard InChI is InChI=1S/C11H15F2NO3/c12-10(13)6-8-5-9(17-14-8)7-16-11-3-1-2-4-15-11/h5,10-11H,1-4,6-7H2. The lowest BCUT2D eigenvalue weighted by Crippen LogP contribution is -2.21. The van der Waals surface area contributed by atoms with Crippen LogP contribution in [0.3, 0.4) is 0 Å². The van der Waals surface area contributed by atoms with Gasteiger partial charge in [0, 0.05) is 12.7 Å². The second-order valence-electron chi connectivity index (χ2n) is 3.99. The molecular formula is C11H15F2NO3. The highest BCUT2D eigenvalue weighted by molar-refractivity contribution is 5.05. The van der Waals surface area contributed by atoms with Crippen LogP contribution in [0.1, 0.15) is 30.7 Å². The SMILES string of the molecule is FC(F)Cc1cc(COC2CCCCO2)on1. The first kappa shape index (κ1) is 12.4. The molecule has 6 heteroatoms. The van der Waals surface area contributed by atoms with Crippen LogP contribution in [0.15, 0.2) is 10.6 Å². The molecule has 1 aromatic rings. The maximum atomic E-state index is 12.1. The Labute approximate surface area is 97.9 Å². The van der Waals surface area contributed by atoms with E-state index in [9.17, 15) is 8.78 Å². The van der Waals surface area contributed by atoms with Crippen molar-refractivity contribution in [1.82, 2.24) is 5.16 Å². The first-order valence-electron chi connectivity index (χ1n) is 5.70. The van der Waals surface area contributed by atoms with E-state index in [0.29, 0.717) is 12.4 Å². The number of rotatable bonds is 5. The van der Waals surface area contributed by atoms with Gasteiger partial charge in [0.15, 0.2) is 12.1 Å². The zero-order valence-electron chi connectivity index (χ0n) is 9.40. The Balaban J connectivity index is 1.76. The molecule has 17 heavy (non-hydrogen) atoms. The molecular weight excluding hydrogens is 232 g/mol. The van der Waals surface area contributed by atoms with Gasteiger partial charge in [-0.2, -0.15) is 0 Å². The summed E-state index contributed by atoms with van der Waals surface area (Å²) in [6.45, 7) is 0.915. The minimum atomic E-state index is -2.41. The Morgan fingerprint density at radius 2 is 2.35 bits per heavy atom. The lowest BCUT2D eigenvalue weighted by atomic mass is 10.2. The molecule has 1 aliphatic heterocycles. The van der Waals surface area contributed by atoms with E-state index in [1.165, 1.54) is 6.07 Å². The van der Waals surface area contributed by atoms with Crippen molar-refractivity contribution in [2.75, 3.05) is 6.61 Å². The van der Waals surface area contributed by atoms with Crippen LogP contribution in [-0.4, -0.2) is 24.5 Å². The Bertz CT molecular complexity index is 337. The number of halogens is 2. The third-order valence-corrected chi connectivity index (χ3v) is 2.52. The van der Waals surface area contributed by atoms with Gasteiger partial charge in [-0.15, -0.1) is 0 Å².